The van der Waals surface area contributed by atoms with Crippen molar-refractivity contribution in [3.63, 3.8) is 0 Å². The van der Waals surface area contributed by atoms with Gasteiger partial charge in [0.15, 0.2) is 0 Å². The highest BCUT2D eigenvalue weighted by Gasteiger charge is 2.19. The van der Waals surface area contributed by atoms with Crippen LogP contribution < -0.4 is 10.0 Å². The summed E-state index contributed by atoms with van der Waals surface area (Å²) in [5, 5.41) is 3.19. The van der Waals surface area contributed by atoms with E-state index in [1.807, 2.05) is 18.2 Å². The Bertz CT molecular complexity index is 455. The summed E-state index contributed by atoms with van der Waals surface area (Å²) >= 11 is 0. The van der Waals surface area contributed by atoms with Gasteiger partial charge in [-0.1, -0.05) is 6.07 Å². The predicted octanol–water partition coefficient (Wildman–Crippen LogP) is 0.295. The summed E-state index contributed by atoms with van der Waals surface area (Å²) < 4.78 is 26.6. The van der Waals surface area contributed by atoms with E-state index < -0.39 is 10.0 Å². The molecule has 18 heavy (non-hydrogen) atoms. The Hall–Kier alpha value is -0.980. The standard InChI is InChI=1S/C12H19N3O2S/c16-18(17,15-12-5-3-7-13-10-12)9-6-11-4-1-2-8-14-11/h1-2,4,8,12-13,15H,3,5-7,9-10H2/t12-/m1/s1. The molecule has 2 heterocycles. The predicted molar refractivity (Wildman–Crippen MR) is 70.8 cm³/mol. The van der Waals surface area contributed by atoms with Gasteiger partial charge in [0, 0.05) is 30.9 Å². The van der Waals surface area contributed by atoms with Crippen LogP contribution in [0.3, 0.4) is 0 Å². The largest absolute Gasteiger partial charge is 0.315 e. The van der Waals surface area contributed by atoms with Gasteiger partial charge in [-0.3, -0.25) is 4.98 Å². The first-order chi connectivity index (χ1) is 8.66. The van der Waals surface area contributed by atoms with Crippen LogP contribution in [0.1, 0.15) is 18.5 Å². The van der Waals surface area contributed by atoms with Crippen molar-refractivity contribution in [3.8, 4) is 0 Å². The highest BCUT2D eigenvalue weighted by atomic mass is 32.2. The molecule has 0 spiro atoms. The minimum Gasteiger partial charge on any atom is -0.315 e. The maximum atomic E-state index is 11.9. The van der Waals surface area contributed by atoms with Crippen molar-refractivity contribution < 1.29 is 8.42 Å². The van der Waals surface area contributed by atoms with Crippen molar-refractivity contribution in [2.24, 2.45) is 0 Å². The Labute approximate surface area is 108 Å². The van der Waals surface area contributed by atoms with Crippen molar-refractivity contribution >= 4 is 10.0 Å². The number of piperidine rings is 1. The van der Waals surface area contributed by atoms with Crippen molar-refractivity contribution in [1.29, 1.82) is 0 Å². The fraction of sp³-hybridized carbons (Fsp3) is 0.583. The quantitative estimate of drug-likeness (QED) is 0.806. The molecular formula is C12H19N3O2S. The maximum Gasteiger partial charge on any atom is 0.212 e. The molecule has 1 aliphatic heterocycles. The van der Waals surface area contributed by atoms with Gasteiger partial charge in [0.1, 0.15) is 0 Å². The third-order valence-electron chi connectivity index (χ3n) is 3.00. The van der Waals surface area contributed by atoms with Gasteiger partial charge < -0.3 is 5.32 Å². The number of sulfonamides is 1. The summed E-state index contributed by atoms with van der Waals surface area (Å²) in [7, 11) is -3.21. The third kappa shape index (κ3) is 4.36. The summed E-state index contributed by atoms with van der Waals surface area (Å²) in [4.78, 5) is 4.12. The fourth-order valence-electron chi connectivity index (χ4n) is 2.05. The minimum absolute atomic E-state index is 0.0347. The van der Waals surface area contributed by atoms with E-state index in [0.717, 1.165) is 31.6 Å². The van der Waals surface area contributed by atoms with Crippen LogP contribution in [-0.4, -0.2) is 38.3 Å². The number of hydrogen-bond donors (Lipinski definition) is 2. The van der Waals surface area contributed by atoms with Gasteiger partial charge in [-0.05, 0) is 31.5 Å². The van der Waals surface area contributed by atoms with E-state index in [9.17, 15) is 8.42 Å². The first-order valence-corrected chi connectivity index (χ1v) is 7.91. The zero-order chi connectivity index (χ0) is 12.8. The first kappa shape index (κ1) is 13.5. The lowest BCUT2D eigenvalue weighted by Crippen LogP contribution is -2.46. The molecule has 1 aliphatic rings. The second-order valence-electron chi connectivity index (χ2n) is 4.55. The maximum absolute atomic E-state index is 11.9. The van der Waals surface area contributed by atoms with Gasteiger partial charge in [-0.15, -0.1) is 0 Å². The molecule has 2 rings (SSSR count). The first-order valence-electron chi connectivity index (χ1n) is 6.26. The van der Waals surface area contributed by atoms with E-state index in [1.54, 1.807) is 6.20 Å². The molecule has 1 atom stereocenters. The molecule has 1 aromatic heterocycles. The van der Waals surface area contributed by atoms with Gasteiger partial charge in [0.05, 0.1) is 5.75 Å². The van der Waals surface area contributed by atoms with E-state index in [0.29, 0.717) is 6.42 Å². The van der Waals surface area contributed by atoms with Crippen LogP contribution in [0.2, 0.25) is 0 Å². The number of rotatable bonds is 5. The number of nitrogens with one attached hydrogen (secondary N) is 2. The molecule has 0 unspecified atom stereocenters. The van der Waals surface area contributed by atoms with Crippen molar-refractivity contribution in [2.75, 3.05) is 18.8 Å². The number of aryl methyl sites for hydroxylation is 1. The van der Waals surface area contributed by atoms with E-state index >= 15 is 0 Å². The molecule has 100 valence electrons. The zero-order valence-electron chi connectivity index (χ0n) is 10.3. The minimum atomic E-state index is -3.21. The van der Waals surface area contributed by atoms with Gasteiger partial charge in [-0.25, -0.2) is 13.1 Å². The number of aromatic nitrogens is 1. The van der Waals surface area contributed by atoms with Crippen molar-refractivity contribution in [3.05, 3.63) is 30.1 Å². The fourth-order valence-corrected chi connectivity index (χ4v) is 3.35. The second-order valence-corrected chi connectivity index (χ2v) is 6.42. The molecule has 1 saturated heterocycles. The summed E-state index contributed by atoms with van der Waals surface area (Å²) in [5.41, 5.74) is 0.810. The van der Waals surface area contributed by atoms with E-state index in [2.05, 4.69) is 15.0 Å². The Morgan fingerprint density at radius 1 is 1.44 bits per heavy atom. The average Bonchev–Trinajstić information content (AvgIpc) is 2.38. The lowest BCUT2D eigenvalue weighted by molar-refractivity contribution is 0.428. The summed E-state index contributed by atoms with van der Waals surface area (Å²) in [6.07, 6.45) is 4.07. The smallest absolute Gasteiger partial charge is 0.212 e. The molecule has 0 radical (unpaired) electrons. The SMILES string of the molecule is O=S(=O)(CCc1ccccn1)N[C@@H]1CCCNC1. The molecule has 0 aromatic carbocycles. The Morgan fingerprint density at radius 3 is 3.00 bits per heavy atom. The molecule has 0 aliphatic carbocycles. The van der Waals surface area contributed by atoms with Crippen molar-refractivity contribution in [2.45, 2.75) is 25.3 Å². The Morgan fingerprint density at radius 2 is 2.33 bits per heavy atom. The zero-order valence-corrected chi connectivity index (χ0v) is 11.1. The molecule has 6 heteroatoms. The van der Waals surface area contributed by atoms with Gasteiger partial charge in [0.25, 0.3) is 0 Å². The molecule has 1 aromatic rings. The summed E-state index contributed by atoms with van der Waals surface area (Å²) in [6.45, 7) is 1.70. The number of hydrogen-bond acceptors (Lipinski definition) is 4. The number of pyridine rings is 1. The molecule has 1 fully saturated rings. The lowest BCUT2D eigenvalue weighted by atomic mass is 10.1. The lowest BCUT2D eigenvalue weighted by Gasteiger charge is -2.23. The van der Waals surface area contributed by atoms with Crippen molar-refractivity contribution in [1.82, 2.24) is 15.0 Å². The van der Waals surface area contributed by atoms with Crippen LogP contribution in [0.4, 0.5) is 0 Å². The highest BCUT2D eigenvalue weighted by Crippen LogP contribution is 2.04. The third-order valence-corrected chi connectivity index (χ3v) is 4.43. The Balaban J connectivity index is 1.83. The van der Waals surface area contributed by atoms with Crippen LogP contribution >= 0.6 is 0 Å². The van der Waals surface area contributed by atoms with Crippen LogP contribution in [-0.2, 0) is 16.4 Å². The average molecular weight is 269 g/mol. The summed E-state index contributed by atoms with van der Waals surface area (Å²) in [6, 6.07) is 5.57. The molecule has 0 saturated carbocycles. The molecule has 0 amide bonds. The van der Waals surface area contributed by atoms with Crippen LogP contribution in [0.5, 0.6) is 0 Å². The highest BCUT2D eigenvalue weighted by molar-refractivity contribution is 7.89. The van der Waals surface area contributed by atoms with Crippen LogP contribution in [0, 0.1) is 0 Å². The van der Waals surface area contributed by atoms with Gasteiger partial charge >= 0.3 is 0 Å². The van der Waals surface area contributed by atoms with E-state index in [4.69, 9.17) is 0 Å². The molecule has 2 N–H and O–H groups in total. The molecule has 0 bridgehead atoms. The van der Waals surface area contributed by atoms with E-state index in [1.165, 1.54) is 0 Å². The summed E-state index contributed by atoms with van der Waals surface area (Å²) in [5.74, 6) is 0.0977. The van der Waals surface area contributed by atoms with Gasteiger partial charge in [-0.2, -0.15) is 0 Å². The Kier molecular flexibility index (Phi) is 4.68. The number of nitrogens with zero attached hydrogens (tertiary/aromatic N) is 1. The second kappa shape index (κ2) is 6.26. The van der Waals surface area contributed by atoms with E-state index in [-0.39, 0.29) is 11.8 Å². The molecule has 5 nitrogen and oxygen atoms in total. The van der Waals surface area contributed by atoms with Crippen LogP contribution in [0.15, 0.2) is 24.4 Å². The topological polar surface area (TPSA) is 71.1 Å². The van der Waals surface area contributed by atoms with Crippen LogP contribution in [0.25, 0.3) is 0 Å². The van der Waals surface area contributed by atoms with Gasteiger partial charge in [0.2, 0.25) is 10.0 Å². The normalized spacial score (nSPS) is 20.8. The monoisotopic (exact) mass is 269 g/mol. The molecular weight excluding hydrogens is 250 g/mol.